The van der Waals surface area contributed by atoms with Crippen LogP contribution in [-0.4, -0.2) is 18.3 Å². The van der Waals surface area contributed by atoms with Gasteiger partial charge < -0.3 is 15.2 Å². The van der Waals surface area contributed by atoms with Crippen LogP contribution < -0.4 is 10.1 Å². The van der Waals surface area contributed by atoms with Crippen LogP contribution in [0.1, 0.15) is 26.7 Å². The summed E-state index contributed by atoms with van der Waals surface area (Å²) in [5.41, 5.74) is 3.49. The SMILES string of the molecule is C/C(=C\CO)CC/C=C(\C)CNc1ccccc1Oc1ccccc1. The quantitative estimate of drug-likeness (QED) is 0.589. The van der Waals surface area contributed by atoms with Crippen molar-refractivity contribution < 1.29 is 9.84 Å². The lowest BCUT2D eigenvalue weighted by Gasteiger charge is -2.13. The molecule has 2 aromatic rings. The molecule has 3 heteroatoms. The van der Waals surface area contributed by atoms with Crippen molar-refractivity contribution in [1.82, 2.24) is 0 Å². The number of rotatable bonds is 9. The van der Waals surface area contributed by atoms with Crippen molar-refractivity contribution in [3.05, 3.63) is 77.9 Å². The van der Waals surface area contributed by atoms with E-state index in [-0.39, 0.29) is 6.61 Å². The van der Waals surface area contributed by atoms with E-state index in [2.05, 4.69) is 25.2 Å². The first-order chi connectivity index (χ1) is 12.2. The minimum atomic E-state index is 0.119. The number of hydrogen-bond donors (Lipinski definition) is 2. The number of ether oxygens (including phenoxy) is 1. The summed E-state index contributed by atoms with van der Waals surface area (Å²) in [4.78, 5) is 0. The molecule has 3 nitrogen and oxygen atoms in total. The predicted octanol–water partition coefficient (Wildman–Crippen LogP) is 5.56. The molecule has 0 amide bonds. The molecule has 2 aromatic carbocycles. The van der Waals surface area contributed by atoms with Crippen LogP contribution in [0.5, 0.6) is 11.5 Å². The van der Waals surface area contributed by atoms with Crippen LogP contribution in [0.4, 0.5) is 5.69 Å². The Morgan fingerprint density at radius 3 is 2.44 bits per heavy atom. The molecule has 0 aromatic heterocycles. The normalized spacial score (nSPS) is 12.1. The third-order valence-electron chi connectivity index (χ3n) is 3.89. The van der Waals surface area contributed by atoms with E-state index < -0.39 is 0 Å². The maximum absolute atomic E-state index is 8.87. The number of allylic oxidation sites excluding steroid dienone is 2. The number of para-hydroxylation sites is 3. The summed E-state index contributed by atoms with van der Waals surface area (Å²) < 4.78 is 5.97. The van der Waals surface area contributed by atoms with Gasteiger partial charge in [-0.3, -0.25) is 0 Å². The van der Waals surface area contributed by atoms with E-state index in [4.69, 9.17) is 9.84 Å². The lowest BCUT2D eigenvalue weighted by molar-refractivity contribution is 0.341. The summed E-state index contributed by atoms with van der Waals surface area (Å²) in [6, 6.07) is 17.8. The zero-order valence-corrected chi connectivity index (χ0v) is 15.0. The third-order valence-corrected chi connectivity index (χ3v) is 3.89. The Labute approximate surface area is 150 Å². The van der Waals surface area contributed by atoms with Crippen LogP contribution in [0.3, 0.4) is 0 Å². The second-order valence-electron chi connectivity index (χ2n) is 6.09. The van der Waals surface area contributed by atoms with Crippen molar-refractivity contribution in [2.45, 2.75) is 26.7 Å². The van der Waals surface area contributed by atoms with Gasteiger partial charge in [0.1, 0.15) is 5.75 Å². The molecule has 0 aliphatic heterocycles. The Balaban J connectivity index is 1.91. The summed E-state index contributed by atoms with van der Waals surface area (Å²) in [7, 11) is 0. The van der Waals surface area contributed by atoms with Crippen molar-refractivity contribution in [1.29, 1.82) is 0 Å². The number of aliphatic hydroxyl groups is 1. The highest BCUT2D eigenvalue weighted by atomic mass is 16.5. The van der Waals surface area contributed by atoms with Crippen molar-refractivity contribution in [3.63, 3.8) is 0 Å². The third kappa shape index (κ3) is 6.86. The van der Waals surface area contributed by atoms with Gasteiger partial charge in [-0.1, -0.05) is 53.6 Å². The van der Waals surface area contributed by atoms with Gasteiger partial charge in [0.05, 0.1) is 12.3 Å². The van der Waals surface area contributed by atoms with Crippen LogP contribution in [-0.2, 0) is 0 Å². The van der Waals surface area contributed by atoms with Gasteiger partial charge in [-0.25, -0.2) is 0 Å². The lowest BCUT2D eigenvalue weighted by atomic mass is 10.1. The van der Waals surface area contributed by atoms with E-state index in [1.807, 2.05) is 60.7 Å². The van der Waals surface area contributed by atoms with Crippen molar-refractivity contribution in [2.24, 2.45) is 0 Å². The lowest BCUT2D eigenvalue weighted by Crippen LogP contribution is -2.04. The summed E-state index contributed by atoms with van der Waals surface area (Å²) >= 11 is 0. The van der Waals surface area contributed by atoms with Gasteiger partial charge in [0.2, 0.25) is 0 Å². The monoisotopic (exact) mass is 337 g/mol. The molecule has 132 valence electrons. The first kappa shape index (κ1) is 18.8. The largest absolute Gasteiger partial charge is 0.455 e. The molecule has 0 bridgehead atoms. The topological polar surface area (TPSA) is 41.5 Å². The number of anilines is 1. The number of hydrogen-bond acceptors (Lipinski definition) is 3. The highest BCUT2D eigenvalue weighted by Crippen LogP contribution is 2.29. The van der Waals surface area contributed by atoms with E-state index in [0.717, 1.165) is 36.6 Å². The molecule has 0 atom stereocenters. The molecule has 2 N–H and O–H groups in total. The van der Waals surface area contributed by atoms with Crippen molar-refractivity contribution >= 4 is 5.69 Å². The summed E-state index contributed by atoms with van der Waals surface area (Å²) in [6.07, 6.45) is 6.06. The van der Waals surface area contributed by atoms with E-state index in [1.54, 1.807) is 0 Å². The first-order valence-electron chi connectivity index (χ1n) is 8.67. The van der Waals surface area contributed by atoms with Crippen molar-refractivity contribution in [3.8, 4) is 11.5 Å². The van der Waals surface area contributed by atoms with Crippen LogP contribution >= 0.6 is 0 Å². The Morgan fingerprint density at radius 2 is 1.68 bits per heavy atom. The van der Waals surface area contributed by atoms with Gasteiger partial charge in [0.15, 0.2) is 5.75 Å². The Morgan fingerprint density at radius 1 is 0.960 bits per heavy atom. The summed E-state index contributed by atoms with van der Waals surface area (Å²) in [5.74, 6) is 1.65. The van der Waals surface area contributed by atoms with Gasteiger partial charge >= 0.3 is 0 Å². The maximum Gasteiger partial charge on any atom is 0.150 e. The summed E-state index contributed by atoms with van der Waals surface area (Å²) in [6.45, 7) is 5.07. The molecule has 0 aliphatic carbocycles. The number of nitrogens with one attached hydrogen (secondary N) is 1. The molecule has 0 aliphatic rings. The van der Waals surface area contributed by atoms with Gasteiger partial charge in [0.25, 0.3) is 0 Å². The molecule has 0 saturated carbocycles. The van der Waals surface area contributed by atoms with Gasteiger partial charge in [0, 0.05) is 6.54 Å². The standard InChI is InChI=1S/C22H27NO2/c1-18(15-16-24)9-8-10-19(2)17-23-21-13-6-7-14-22(21)25-20-11-4-3-5-12-20/h3-7,10-15,23-24H,8-9,16-17H2,1-2H3/b18-15+,19-10+. The molecule has 2 rings (SSSR count). The highest BCUT2D eigenvalue weighted by Gasteiger charge is 2.04. The van der Waals surface area contributed by atoms with Crippen molar-refractivity contribution in [2.75, 3.05) is 18.5 Å². The highest BCUT2D eigenvalue weighted by molar-refractivity contribution is 5.58. The van der Waals surface area contributed by atoms with Gasteiger partial charge in [-0.05, 0) is 51.0 Å². The molecule has 0 heterocycles. The molecule has 0 spiro atoms. The molecule has 0 saturated heterocycles. The molecule has 0 fully saturated rings. The zero-order valence-electron chi connectivity index (χ0n) is 15.0. The fourth-order valence-corrected chi connectivity index (χ4v) is 2.43. The molecular formula is C22H27NO2. The van der Waals surface area contributed by atoms with Crippen LogP contribution in [0.15, 0.2) is 77.9 Å². The molecular weight excluding hydrogens is 310 g/mol. The average molecular weight is 337 g/mol. The van der Waals surface area contributed by atoms with Gasteiger partial charge in [-0.2, -0.15) is 0 Å². The maximum atomic E-state index is 8.87. The molecule has 0 unspecified atom stereocenters. The number of benzene rings is 2. The molecule has 25 heavy (non-hydrogen) atoms. The smallest absolute Gasteiger partial charge is 0.150 e. The molecule has 0 radical (unpaired) electrons. The predicted molar refractivity (Wildman–Crippen MR) is 105 cm³/mol. The Kier molecular flexibility index (Phi) is 7.80. The fraction of sp³-hybridized carbons (Fsp3) is 0.273. The van der Waals surface area contributed by atoms with Crippen LogP contribution in [0, 0.1) is 0 Å². The van der Waals surface area contributed by atoms with E-state index in [1.165, 1.54) is 11.1 Å². The van der Waals surface area contributed by atoms with E-state index >= 15 is 0 Å². The second-order valence-corrected chi connectivity index (χ2v) is 6.09. The van der Waals surface area contributed by atoms with E-state index in [9.17, 15) is 0 Å². The Bertz CT molecular complexity index is 705. The Hall–Kier alpha value is -2.52. The number of aliphatic hydroxyl groups excluding tert-OH is 1. The van der Waals surface area contributed by atoms with Gasteiger partial charge in [-0.15, -0.1) is 0 Å². The van der Waals surface area contributed by atoms with E-state index in [0.29, 0.717) is 0 Å². The summed E-state index contributed by atoms with van der Waals surface area (Å²) in [5, 5.41) is 12.3. The minimum Gasteiger partial charge on any atom is -0.455 e. The second kappa shape index (κ2) is 10.4. The zero-order chi connectivity index (χ0) is 17.9. The van der Waals surface area contributed by atoms with Crippen LogP contribution in [0.25, 0.3) is 0 Å². The van der Waals surface area contributed by atoms with Crippen LogP contribution in [0.2, 0.25) is 0 Å². The fourth-order valence-electron chi connectivity index (χ4n) is 2.43. The first-order valence-corrected chi connectivity index (χ1v) is 8.67. The minimum absolute atomic E-state index is 0.119. The average Bonchev–Trinajstić information content (AvgIpc) is 2.62.